The van der Waals surface area contributed by atoms with Gasteiger partial charge in [0, 0.05) is 5.75 Å². The van der Waals surface area contributed by atoms with Crippen molar-refractivity contribution in [3.8, 4) is 11.1 Å². The lowest BCUT2D eigenvalue weighted by Crippen LogP contribution is -2.36. The molecule has 5 heteroatoms. The summed E-state index contributed by atoms with van der Waals surface area (Å²) >= 11 is 7.81. The van der Waals surface area contributed by atoms with Gasteiger partial charge in [0.25, 0.3) is 5.56 Å². The first-order chi connectivity index (χ1) is 12.4. The van der Waals surface area contributed by atoms with Gasteiger partial charge in [0.1, 0.15) is 5.02 Å². The van der Waals surface area contributed by atoms with Crippen LogP contribution in [-0.4, -0.2) is 9.78 Å². The lowest BCUT2D eigenvalue weighted by Gasteiger charge is -2.21. The Morgan fingerprint density at radius 1 is 1.00 bits per heavy atom. The van der Waals surface area contributed by atoms with Gasteiger partial charge in [-0.15, -0.1) is 11.8 Å². The van der Waals surface area contributed by atoms with Crippen LogP contribution in [0.25, 0.3) is 11.1 Å². The van der Waals surface area contributed by atoms with Gasteiger partial charge in [0.2, 0.25) is 0 Å². The molecule has 1 aromatic heterocycles. The molecule has 3 aromatic rings. The van der Waals surface area contributed by atoms with E-state index in [1.54, 1.807) is 6.20 Å². The molecule has 0 saturated carbocycles. The Kier molecular flexibility index (Phi) is 5.54. The van der Waals surface area contributed by atoms with Crippen molar-refractivity contribution in [3.05, 3.63) is 81.7 Å². The average molecular weight is 385 g/mol. The van der Waals surface area contributed by atoms with Crippen LogP contribution in [0.5, 0.6) is 0 Å². The summed E-state index contributed by atoms with van der Waals surface area (Å²) in [6.45, 7) is 5.79. The fourth-order valence-electron chi connectivity index (χ4n) is 2.58. The second kappa shape index (κ2) is 7.68. The molecule has 1 heterocycles. The topological polar surface area (TPSA) is 34.9 Å². The third-order valence-corrected chi connectivity index (χ3v) is 5.55. The smallest absolute Gasteiger partial charge is 0.266 e. The molecule has 0 N–H and O–H groups in total. The molecule has 0 spiro atoms. The van der Waals surface area contributed by atoms with E-state index in [4.69, 9.17) is 11.6 Å². The average Bonchev–Trinajstić information content (AvgIpc) is 2.63. The zero-order valence-corrected chi connectivity index (χ0v) is 16.6. The van der Waals surface area contributed by atoms with Crippen molar-refractivity contribution in [1.82, 2.24) is 9.78 Å². The Morgan fingerprint density at radius 2 is 1.62 bits per heavy atom. The van der Waals surface area contributed by atoms with E-state index in [1.165, 1.54) is 33.1 Å². The van der Waals surface area contributed by atoms with Crippen molar-refractivity contribution in [2.75, 3.05) is 0 Å². The standard InChI is InChI=1S/C21H21ClN2OS/c1-21(2,3)24-20(25)19(22)18(13-23-24)26-14-15-9-11-17(12-10-15)16-7-5-4-6-8-16/h4-13H,14H2,1-3H3. The van der Waals surface area contributed by atoms with Crippen molar-refractivity contribution in [3.63, 3.8) is 0 Å². The van der Waals surface area contributed by atoms with Gasteiger partial charge in [-0.1, -0.05) is 66.2 Å². The Bertz CT molecular complexity index is 944. The van der Waals surface area contributed by atoms with Crippen molar-refractivity contribution in [1.29, 1.82) is 0 Å². The Balaban J connectivity index is 1.74. The second-order valence-electron chi connectivity index (χ2n) is 7.06. The third-order valence-electron chi connectivity index (χ3n) is 3.98. The van der Waals surface area contributed by atoms with E-state index in [-0.39, 0.29) is 10.6 Å². The quantitative estimate of drug-likeness (QED) is 0.548. The minimum Gasteiger partial charge on any atom is -0.266 e. The Labute approximate surface area is 163 Å². The summed E-state index contributed by atoms with van der Waals surface area (Å²) < 4.78 is 1.42. The number of thioether (sulfide) groups is 1. The molecule has 134 valence electrons. The Hall–Kier alpha value is -2.04. The van der Waals surface area contributed by atoms with E-state index in [0.29, 0.717) is 4.90 Å². The van der Waals surface area contributed by atoms with Crippen molar-refractivity contribution < 1.29 is 0 Å². The highest BCUT2D eigenvalue weighted by Gasteiger charge is 2.19. The second-order valence-corrected chi connectivity index (χ2v) is 8.46. The molecule has 3 rings (SSSR count). The first kappa shape index (κ1) is 18.7. The predicted molar refractivity (Wildman–Crippen MR) is 110 cm³/mol. The summed E-state index contributed by atoms with van der Waals surface area (Å²) in [4.78, 5) is 13.1. The molecule has 0 unspecified atom stereocenters. The highest BCUT2D eigenvalue weighted by atomic mass is 35.5. The highest BCUT2D eigenvalue weighted by Crippen LogP contribution is 2.28. The fourth-order valence-corrected chi connectivity index (χ4v) is 3.72. The molecule has 0 amide bonds. The minimum atomic E-state index is -0.392. The maximum atomic E-state index is 12.4. The molecule has 0 atom stereocenters. The van der Waals surface area contributed by atoms with Crippen LogP contribution < -0.4 is 5.56 Å². The normalized spacial score (nSPS) is 11.5. The van der Waals surface area contributed by atoms with E-state index in [2.05, 4.69) is 41.5 Å². The summed E-state index contributed by atoms with van der Waals surface area (Å²) in [6, 6.07) is 18.7. The number of aromatic nitrogens is 2. The summed E-state index contributed by atoms with van der Waals surface area (Å²) in [7, 11) is 0. The van der Waals surface area contributed by atoms with Crippen LogP contribution in [0.4, 0.5) is 0 Å². The van der Waals surface area contributed by atoms with Crippen LogP contribution in [0.15, 0.2) is 70.5 Å². The van der Waals surface area contributed by atoms with Gasteiger partial charge in [0.15, 0.2) is 0 Å². The van der Waals surface area contributed by atoms with Crippen LogP contribution in [0, 0.1) is 0 Å². The number of hydrogen-bond donors (Lipinski definition) is 0. The van der Waals surface area contributed by atoms with Crippen LogP contribution in [0.1, 0.15) is 26.3 Å². The number of benzene rings is 2. The summed E-state index contributed by atoms with van der Waals surface area (Å²) in [5.41, 5.74) is 2.92. The maximum Gasteiger partial charge on any atom is 0.287 e. The maximum absolute atomic E-state index is 12.4. The third kappa shape index (κ3) is 4.19. The zero-order chi connectivity index (χ0) is 18.7. The summed E-state index contributed by atoms with van der Waals surface area (Å²) in [5, 5.41) is 4.51. The van der Waals surface area contributed by atoms with Gasteiger partial charge in [0.05, 0.1) is 16.6 Å². The molecule has 0 fully saturated rings. The lowest BCUT2D eigenvalue weighted by molar-refractivity contribution is 0.336. The Morgan fingerprint density at radius 3 is 2.23 bits per heavy atom. The van der Waals surface area contributed by atoms with Crippen molar-refractivity contribution in [2.24, 2.45) is 0 Å². The molecule has 26 heavy (non-hydrogen) atoms. The van der Waals surface area contributed by atoms with Gasteiger partial charge >= 0.3 is 0 Å². The summed E-state index contributed by atoms with van der Waals surface area (Å²) in [6.07, 6.45) is 1.68. The van der Waals surface area contributed by atoms with Crippen molar-refractivity contribution in [2.45, 2.75) is 37.0 Å². The molecule has 0 radical (unpaired) electrons. The van der Waals surface area contributed by atoms with Crippen LogP contribution >= 0.6 is 23.4 Å². The van der Waals surface area contributed by atoms with E-state index < -0.39 is 5.54 Å². The molecule has 0 aliphatic heterocycles. The molecule has 2 aromatic carbocycles. The van der Waals surface area contributed by atoms with Gasteiger partial charge < -0.3 is 0 Å². The van der Waals surface area contributed by atoms with Crippen LogP contribution in [0.2, 0.25) is 5.02 Å². The largest absolute Gasteiger partial charge is 0.287 e. The van der Waals surface area contributed by atoms with Crippen LogP contribution in [-0.2, 0) is 11.3 Å². The van der Waals surface area contributed by atoms with E-state index in [0.717, 1.165) is 5.75 Å². The molecule has 0 saturated heterocycles. The predicted octanol–water partition coefficient (Wildman–Crippen LogP) is 5.61. The number of rotatable bonds is 4. The minimum absolute atomic E-state index is 0.237. The fraction of sp³-hybridized carbons (Fsp3) is 0.238. The SMILES string of the molecule is CC(C)(C)n1ncc(SCc2ccc(-c3ccccc3)cc2)c(Cl)c1=O. The highest BCUT2D eigenvalue weighted by molar-refractivity contribution is 7.98. The number of hydrogen-bond acceptors (Lipinski definition) is 3. The van der Waals surface area contributed by atoms with E-state index in [9.17, 15) is 4.79 Å². The molecule has 0 bridgehead atoms. The first-order valence-electron chi connectivity index (χ1n) is 8.42. The van der Waals surface area contributed by atoms with Gasteiger partial charge in [-0.05, 0) is 37.5 Å². The zero-order valence-electron chi connectivity index (χ0n) is 15.1. The molecular formula is C21H21ClN2OS. The van der Waals surface area contributed by atoms with Gasteiger partial charge in [-0.25, -0.2) is 4.68 Å². The first-order valence-corrected chi connectivity index (χ1v) is 9.78. The van der Waals surface area contributed by atoms with Crippen LogP contribution in [0.3, 0.4) is 0 Å². The van der Waals surface area contributed by atoms with Crippen molar-refractivity contribution >= 4 is 23.4 Å². The lowest BCUT2D eigenvalue weighted by atomic mass is 10.0. The van der Waals surface area contributed by atoms with E-state index >= 15 is 0 Å². The molecule has 0 aliphatic carbocycles. The summed E-state index contributed by atoms with van der Waals surface area (Å²) in [5.74, 6) is 0.732. The molecule has 0 aliphatic rings. The van der Waals surface area contributed by atoms with E-state index in [1.807, 2.05) is 39.0 Å². The van der Waals surface area contributed by atoms with Gasteiger partial charge in [-0.3, -0.25) is 4.79 Å². The molecule has 3 nitrogen and oxygen atoms in total. The van der Waals surface area contributed by atoms with Gasteiger partial charge in [-0.2, -0.15) is 5.10 Å². The number of halogens is 1. The molecular weight excluding hydrogens is 364 g/mol. The number of nitrogens with zero attached hydrogens (tertiary/aromatic N) is 2. The monoisotopic (exact) mass is 384 g/mol.